The number of fused-ring (bicyclic) bond motifs is 1. The number of amides is 1. The number of nitro groups is 1. The van der Waals surface area contributed by atoms with E-state index in [9.17, 15) is 24.5 Å². The van der Waals surface area contributed by atoms with E-state index in [0.717, 1.165) is 4.57 Å². The number of carbonyl (C=O) groups is 1. The molecule has 0 atom stereocenters. The number of aromatic nitrogens is 4. The van der Waals surface area contributed by atoms with E-state index in [1.807, 2.05) is 4.98 Å². The second-order valence-corrected chi connectivity index (χ2v) is 3.93. The zero-order valence-corrected chi connectivity index (χ0v) is 10.5. The van der Waals surface area contributed by atoms with Crippen molar-refractivity contribution >= 4 is 23.0 Å². The van der Waals surface area contributed by atoms with Crippen LogP contribution >= 0.6 is 0 Å². The highest BCUT2D eigenvalue weighted by atomic mass is 16.6. The fraction of sp³-hybridized carbons (Fsp3) is 0.333. The number of aromatic amines is 2. The minimum atomic E-state index is -0.899. The van der Waals surface area contributed by atoms with Crippen molar-refractivity contribution in [1.29, 1.82) is 0 Å². The van der Waals surface area contributed by atoms with Crippen molar-refractivity contribution in [1.82, 2.24) is 24.8 Å². The maximum absolute atomic E-state index is 11.7. The van der Waals surface area contributed by atoms with Gasteiger partial charge in [-0.25, -0.2) is 9.36 Å². The highest BCUT2D eigenvalue weighted by molar-refractivity contribution is 5.80. The number of rotatable bonds is 5. The van der Waals surface area contributed by atoms with E-state index in [1.165, 1.54) is 0 Å². The molecule has 2 aromatic rings. The standard InChI is InChI=1S/C9H10N6O6/c16-2-1-10-4(17)3-14-5-6(12-9(14)15(20)21)11-8(19)13-7(5)18/h16H,1-3H2,(H,10,17)(H2,11,13,18,19). The average Bonchev–Trinajstić information content (AvgIpc) is 2.75. The lowest BCUT2D eigenvalue weighted by Gasteiger charge is -2.03. The molecular formula is C9H10N6O6. The number of hydrogen-bond acceptors (Lipinski definition) is 7. The molecule has 0 fully saturated rings. The lowest BCUT2D eigenvalue weighted by atomic mass is 10.5. The van der Waals surface area contributed by atoms with E-state index >= 15 is 0 Å². The highest BCUT2D eigenvalue weighted by Crippen LogP contribution is 2.15. The molecule has 1 amide bonds. The molecule has 4 N–H and O–H groups in total. The van der Waals surface area contributed by atoms with Crippen LogP contribution in [0.1, 0.15) is 0 Å². The molecule has 112 valence electrons. The van der Waals surface area contributed by atoms with E-state index in [0.29, 0.717) is 0 Å². The van der Waals surface area contributed by atoms with Crippen molar-refractivity contribution in [2.45, 2.75) is 6.54 Å². The predicted molar refractivity (Wildman–Crippen MR) is 67.7 cm³/mol. The Hall–Kier alpha value is -3.02. The summed E-state index contributed by atoms with van der Waals surface area (Å²) in [5.74, 6) is -1.41. The van der Waals surface area contributed by atoms with Gasteiger partial charge in [-0.15, -0.1) is 0 Å². The Kier molecular flexibility index (Phi) is 3.80. The Labute approximate surface area is 114 Å². The van der Waals surface area contributed by atoms with Crippen molar-refractivity contribution in [2.24, 2.45) is 0 Å². The molecule has 21 heavy (non-hydrogen) atoms. The van der Waals surface area contributed by atoms with Crippen LogP contribution in [0.2, 0.25) is 0 Å². The van der Waals surface area contributed by atoms with Crippen molar-refractivity contribution in [3.63, 3.8) is 0 Å². The molecule has 0 bridgehead atoms. The molecule has 0 aromatic carbocycles. The number of hydrogen-bond donors (Lipinski definition) is 4. The van der Waals surface area contributed by atoms with Crippen LogP contribution in [0.4, 0.5) is 5.95 Å². The molecule has 2 rings (SSSR count). The van der Waals surface area contributed by atoms with Crippen LogP contribution in [0.5, 0.6) is 0 Å². The number of carbonyl (C=O) groups excluding carboxylic acids is 1. The molecule has 12 heteroatoms. The first-order valence-electron chi connectivity index (χ1n) is 5.69. The van der Waals surface area contributed by atoms with Crippen molar-refractivity contribution in [2.75, 3.05) is 13.2 Å². The van der Waals surface area contributed by atoms with E-state index in [4.69, 9.17) is 5.11 Å². The summed E-state index contributed by atoms with van der Waals surface area (Å²) in [6.07, 6.45) is 0. The number of nitrogens with zero attached hydrogens (tertiary/aromatic N) is 3. The van der Waals surface area contributed by atoms with Gasteiger partial charge in [-0.1, -0.05) is 0 Å². The summed E-state index contributed by atoms with van der Waals surface area (Å²) in [6.45, 7) is -0.888. The van der Waals surface area contributed by atoms with E-state index in [2.05, 4.69) is 15.3 Å². The zero-order valence-electron chi connectivity index (χ0n) is 10.5. The lowest BCUT2D eigenvalue weighted by molar-refractivity contribution is -0.396. The van der Waals surface area contributed by atoms with Gasteiger partial charge < -0.3 is 20.5 Å². The normalized spacial score (nSPS) is 10.7. The second kappa shape index (κ2) is 5.54. The van der Waals surface area contributed by atoms with Gasteiger partial charge in [0.2, 0.25) is 5.52 Å². The van der Waals surface area contributed by atoms with Crippen molar-refractivity contribution in [3.8, 4) is 0 Å². The van der Waals surface area contributed by atoms with Crippen LogP contribution < -0.4 is 16.6 Å². The van der Waals surface area contributed by atoms with Crippen LogP contribution in [0.3, 0.4) is 0 Å². The second-order valence-electron chi connectivity index (χ2n) is 3.93. The van der Waals surface area contributed by atoms with Crippen molar-refractivity contribution < 1.29 is 14.8 Å². The smallest absolute Gasteiger partial charge is 0.395 e. The molecule has 0 aliphatic carbocycles. The van der Waals surface area contributed by atoms with Gasteiger partial charge in [0.15, 0.2) is 6.54 Å². The Balaban J connectivity index is 2.56. The van der Waals surface area contributed by atoms with Crippen LogP contribution in [-0.2, 0) is 11.3 Å². The first kappa shape index (κ1) is 14.4. The number of aliphatic hydroxyl groups is 1. The summed E-state index contributed by atoms with van der Waals surface area (Å²) in [6, 6.07) is 0. The topological polar surface area (TPSA) is 176 Å². The fourth-order valence-corrected chi connectivity index (χ4v) is 1.74. The molecule has 0 aliphatic heterocycles. The summed E-state index contributed by atoms with van der Waals surface area (Å²) in [5.41, 5.74) is -2.34. The van der Waals surface area contributed by atoms with E-state index < -0.39 is 34.6 Å². The molecule has 0 radical (unpaired) electrons. The van der Waals surface area contributed by atoms with Gasteiger partial charge in [-0.2, -0.15) is 0 Å². The molecular weight excluding hydrogens is 288 g/mol. The first-order valence-corrected chi connectivity index (χ1v) is 5.69. The van der Waals surface area contributed by atoms with Crippen LogP contribution in [0.15, 0.2) is 9.59 Å². The largest absolute Gasteiger partial charge is 0.437 e. The Bertz CT molecular complexity index is 816. The van der Waals surface area contributed by atoms with Gasteiger partial charge >= 0.3 is 11.6 Å². The molecule has 0 unspecified atom stereocenters. The molecule has 0 aliphatic rings. The Morgan fingerprint density at radius 2 is 2.14 bits per heavy atom. The quantitative estimate of drug-likeness (QED) is 0.346. The first-order chi connectivity index (χ1) is 9.93. The SMILES string of the molecule is O=C(Cn1c([N+](=O)[O-])nc2[nH]c(=O)[nH]c(=O)c21)NCCO. The monoisotopic (exact) mass is 298 g/mol. The van der Waals surface area contributed by atoms with Gasteiger partial charge in [0, 0.05) is 6.54 Å². The highest BCUT2D eigenvalue weighted by Gasteiger charge is 2.26. The summed E-state index contributed by atoms with van der Waals surface area (Å²) in [7, 11) is 0. The van der Waals surface area contributed by atoms with Gasteiger partial charge in [0.05, 0.1) is 6.61 Å². The van der Waals surface area contributed by atoms with Crippen LogP contribution in [0, 0.1) is 10.1 Å². The molecule has 0 saturated carbocycles. The minimum absolute atomic E-state index is 0.0353. The number of H-pyrrole nitrogens is 2. The van der Waals surface area contributed by atoms with Gasteiger partial charge in [-0.05, 0) is 9.91 Å². The predicted octanol–water partition coefficient (Wildman–Crippen LogP) is -2.57. The minimum Gasteiger partial charge on any atom is -0.395 e. The zero-order chi connectivity index (χ0) is 15.6. The third kappa shape index (κ3) is 2.79. The van der Waals surface area contributed by atoms with E-state index in [1.54, 1.807) is 0 Å². The molecule has 12 nitrogen and oxygen atoms in total. The fourth-order valence-electron chi connectivity index (χ4n) is 1.74. The van der Waals surface area contributed by atoms with Crippen LogP contribution in [0.25, 0.3) is 11.2 Å². The number of nitrogens with one attached hydrogen (secondary N) is 3. The number of imidazole rings is 1. The summed E-state index contributed by atoms with van der Waals surface area (Å²) in [5, 5.41) is 21.8. The maximum Gasteiger partial charge on any atom is 0.437 e. The molecule has 0 saturated heterocycles. The third-order valence-corrected chi connectivity index (χ3v) is 2.52. The van der Waals surface area contributed by atoms with Crippen molar-refractivity contribution in [3.05, 3.63) is 31.0 Å². The number of aliphatic hydroxyl groups excluding tert-OH is 1. The van der Waals surface area contributed by atoms with Gasteiger partial charge in [0.1, 0.15) is 0 Å². The Morgan fingerprint density at radius 3 is 2.76 bits per heavy atom. The third-order valence-electron chi connectivity index (χ3n) is 2.52. The van der Waals surface area contributed by atoms with Crippen LogP contribution in [-0.4, -0.2) is 48.6 Å². The Morgan fingerprint density at radius 1 is 1.43 bits per heavy atom. The van der Waals surface area contributed by atoms with Gasteiger partial charge in [0.25, 0.3) is 17.1 Å². The summed E-state index contributed by atoms with van der Waals surface area (Å²) in [4.78, 5) is 52.1. The maximum atomic E-state index is 11.7. The summed E-state index contributed by atoms with van der Waals surface area (Å²) < 4.78 is 0.775. The molecule has 2 heterocycles. The van der Waals surface area contributed by atoms with Gasteiger partial charge in [-0.3, -0.25) is 19.6 Å². The summed E-state index contributed by atoms with van der Waals surface area (Å²) >= 11 is 0. The molecule has 2 aromatic heterocycles. The van der Waals surface area contributed by atoms with E-state index in [-0.39, 0.29) is 24.3 Å². The lowest BCUT2D eigenvalue weighted by Crippen LogP contribution is -2.31. The molecule has 0 spiro atoms. The average molecular weight is 298 g/mol.